The number of aliphatic hydroxyl groups excluding tert-OH is 1. The highest BCUT2D eigenvalue weighted by Crippen LogP contribution is 2.38. The van der Waals surface area contributed by atoms with Gasteiger partial charge in [0, 0.05) is 0 Å². The van der Waals surface area contributed by atoms with Gasteiger partial charge in [0.25, 0.3) is 0 Å². The predicted octanol–water partition coefficient (Wildman–Crippen LogP) is 5.74. The summed E-state index contributed by atoms with van der Waals surface area (Å²) in [7, 11) is 0. The number of rotatable bonds is 3. The van der Waals surface area contributed by atoms with E-state index in [0.29, 0.717) is 11.1 Å². The van der Waals surface area contributed by atoms with E-state index in [-0.39, 0.29) is 0 Å². The van der Waals surface area contributed by atoms with E-state index >= 15 is 4.39 Å². The highest BCUT2D eigenvalue weighted by Gasteiger charge is 2.25. The molecule has 118 valence electrons. The summed E-state index contributed by atoms with van der Waals surface area (Å²) in [6.07, 6.45) is -2.69. The van der Waals surface area contributed by atoms with Gasteiger partial charge in [0.15, 0.2) is 6.17 Å². The van der Waals surface area contributed by atoms with Crippen LogP contribution >= 0.6 is 0 Å². The van der Waals surface area contributed by atoms with Gasteiger partial charge in [-0.15, -0.1) is 0 Å². The fourth-order valence-electron chi connectivity index (χ4n) is 3.33. The van der Waals surface area contributed by atoms with E-state index in [2.05, 4.69) is 0 Å². The lowest BCUT2D eigenvalue weighted by atomic mass is 9.92. The standard InChI is InChI=1S/C22H17FO/c23-21(19-13-5-9-15-7-1-3-11-17(15)19)22(24)20-14-6-10-16-8-2-4-12-18(16)20/h1-14,21-22,24H. The van der Waals surface area contributed by atoms with Crippen LogP contribution in [0.4, 0.5) is 4.39 Å². The fraction of sp³-hybridized carbons (Fsp3) is 0.0909. The van der Waals surface area contributed by atoms with Crippen molar-refractivity contribution in [2.75, 3.05) is 0 Å². The maximum absolute atomic E-state index is 15.2. The zero-order valence-electron chi connectivity index (χ0n) is 13.1. The third-order valence-corrected chi connectivity index (χ3v) is 4.54. The minimum absolute atomic E-state index is 0.522. The van der Waals surface area contributed by atoms with Crippen molar-refractivity contribution in [3.63, 3.8) is 0 Å². The molecule has 4 rings (SSSR count). The SMILES string of the molecule is OC(c1cccc2ccccc12)C(F)c1cccc2ccccc12. The molecule has 1 N–H and O–H groups in total. The second kappa shape index (κ2) is 6.06. The van der Waals surface area contributed by atoms with Crippen molar-refractivity contribution in [1.82, 2.24) is 0 Å². The first kappa shape index (κ1) is 14.9. The summed E-state index contributed by atoms with van der Waals surface area (Å²) in [6.45, 7) is 0. The van der Waals surface area contributed by atoms with E-state index in [4.69, 9.17) is 0 Å². The molecule has 1 nitrogen and oxygen atoms in total. The van der Waals surface area contributed by atoms with Crippen molar-refractivity contribution in [1.29, 1.82) is 0 Å². The van der Waals surface area contributed by atoms with Crippen LogP contribution in [0, 0.1) is 0 Å². The van der Waals surface area contributed by atoms with E-state index in [1.807, 2.05) is 72.8 Å². The lowest BCUT2D eigenvalue weighted by Gasteiger charge is -2.19. The fourth-order valence-corrected chi connectivity index (χ4v) is 3.33. The van der Waals surface area contributed by atoms with Crippen LogP contribution in [0.25, 0.3) is 21.5 Å². The first-order chi connectivity index (χ1) is 11.8. The number of benzene rings is 4. The Bertz CT molecular complexity index is 915. The largest absolute Gasteiger partial charge is 0.385 e. The van der Waals surface area contributed by atoms with Gasteiger partial charge in [-0.05, 0) is 32.7 Å². The van der Waals surface area contributed by atoms with Gasteiger partial charge in [0.05, 0.1) is 0 Å². The molecule has 0 saturated carbocycles. The number of aliphatic hydroxyl groups is 1. The van der Waals surface area contributed by atoms with Gasteiger partial charge < -0.3 is 5.11 Å². The zero-order chi connectivity index (χ0) is 16.5. The first-order valence-electron chi connectivity index (χ1n) is 8.03. The van der Waals surface area contributed by atoms with Gasteiger partial charge in [-0.3, -0.25) is 0 Å². The molecule has 0 amide bonds. The average Bonchev–Trinajstić information content (AvgIpc) is 2.66. The number of fused-ring (bicyclic) bond motifs is 2. The molecule has 0 aliphatic heterocycles. The summed E-state index contributed by atoms with van der Waals surface area (Å²) in [6, 6.07) is 26.6. The Morgan fingerprint density at radius 2 is 1.04 bits per heavy atom. The van der Waals surface area contributed by atoms with Crippen LogP contribution in [0.1, 0.15) is 23.4 Å². The van der Waals surface area contributed by atoms with Crippen LogP contribution in [-0.4, -0.2) is 5.11 Å². The third kappa shape index (κ3) is 2.45. The number of alkyl halides is 1. The summed E-state index contributed by atoms with van der Waals surface area (Å²) in [5, 5.41) is 14.4. The molecule has 0 heterocycles. The van der Waals surface area contributed by atoms with Gasteiger partial charge >= 0.3 is 0 Å². The third-order valence-electron chi connectivity index (χ3n) is 4.54. The first-order valence-corrected chi connectivity index (χ1v) is 8.03. The van der Waals surface area contributed by atoms with Gasteiger partial charge in [-0.25, -0.2) is 4.39 Å². The van der Waals surface area contributed by atoms with Crippen molar-refractivity contribution in [2.24, 2.45) is 0 Å². The Labute approximate surface area is 140 Å². The summed E-state index contributed by atoms with van der Waals surface area (Å²) in [4.78, 5) is 0. The summed E-state index contributed by atoms with van der Waals surface area (Å²) in [5.41, 5.74) is 1.14. The normalized spacial score (nSPS) is 13.9. The van der Waals surface area contributed by atoms with Crippen molar-refractivity contribution in [2.45, 2.75) is 12.3 Å². The number of halogens is 1. The Balaban J connectivity index is 1.82. The second-order valence-electron chi connectivity index (χ2n) is 5.98. The highest BCUT2D eigenvalue weighted by molar-refractivity contribution is 5.87. The monoisotopic (exact) mass is 316 g/mol. The molecule has 4 aromatic rings. The molecule has 0 saturated heterocycles. The molecule has 2 heteroatoms. The van der Waals surface area contributed by atoms with Crippen LogP contribution in [0.2, 0.25) is 0 Å². The lowest BCUT2D eigenvalue weighted by molar-refractivity contribution is 0.0795. The van der Waals surface area contributed by atoms with Gasteiger partial charge in [-0.2, -0.15) is 0 Å². The molecule has 0 radical (unpaired) electrons. The predicted molar refractivity (Wildman–Crippen MR) is 96.7 cm³/mol. The maximum Gasteiger partial charge on any atom is 0.156 e. The lowest BCUT2D eigenvalue weighted by Crippen LogP contribution is -2.07. The van der Waals surface area contributed by atoms with Crippen LogP contribution in [-0.2, 0) is 0 Å². The molecule has 0 aromatic heterocycles. The number of hydrogen-bond acceptors (Lipinski definition) is 1. The van der Waals surface area contributed by atoms with Gasteiger partial charge in [-0.1, -0.05) is 84.9 Å². The van der Waals surface area contributed by atoms with E-state index in [0.717, 1.165) is 21.5 Å². The Kier molecular flexibility index (Phi) is 3.75. The van der Waals surface area contributed by atoms with Crippen molar-refractivity contribution in [3.8, 4) is 0 Å². The minimum Gasteiger partial charge on any atom is -0.385 e. The molecule has 0 fully saturated rings. The van der Waals surface area contributed by atoms with E-state index in [1.54, 1.807) is 12.1 Å². The van der Waals surface area contributed by atoms with Crippen molar-refractivity contribution >= 4 is 21.5 Å². The molecule has 0 aliphatic carbocycles. The van der Waals surface area contributed by atoms with E-state index in [9.17, 15) is 5.11 Å². The summed E-state index contributed by atoms with van der Waals surface area (Å²) < 4.78 is 15.2. The average molecular weight is 316 g/mol. The molecule has 4 aromatic carbocycles. The molecular formula is C22H17FO. The quantitative estimate of drug-likeness (QED) is 0.511. The summed E-state index contributed by atoms with van der Waals surface area (Å²) >= 11 is 0. The molecule has 2 unspecified atom stereocenters. The van der Waals surface area contributed by atoms with Crippen molar-refractivity contribution in [3.05, 3.63) is 96.1 Å². The summed E-state index contributed by atoms with van der Waals surface area (Å²) in [5.74, 6) is 0. The smallest absolute Gasteiger partial charge is 0.156 e. The topological polar surface area (TPSA) is 20.2 Å². The maximum atomic E-state index is 15.2. The van der Waals surface area contributed by atoms with Crippen molar-refractivity contribution < 1.29 is 9.50 Å². The molecule has 24 heavy (non-hydrogen) atoms. The zero-order valence-corrected chi connectivity index (χ0v) is 13.1. The molecule has 0 spiro atoms. The molecular weight excluding hydrogens is 299 g/mol. The minimum atomic E-state index is -1.48. The molecule has 2 atom stereocenters. The van der Waals surface area contributed by atoms with Gasteiger partial charge in [0.1, 0.15) is 6.10 Å². The van der Waals surface area contributed by atoms with E-state index in [1.165, 1.54) is 0 Å². The van der Waals surface area contributed by atoms with Crippen LogP contribution in [0.15, 0.2) is 84.9 Å². The van der Waals surface area contributed by atoms with Crippen LogP contribution in [0.5, 0.6) is 0 Å². The number of hydrogen-bond donors (Lipinski definition) is 1. The highest BCUT2D eigenvalue weighted by atomic mass is 19.1. The molecule has 0 bridgehead atoms. The Hall–Kier alpha value is -2.71. The van der Waals surface area contributed by atoms with Gasteiger partial charge in [0.2, 0.25) is 0 Å². The van der Waals surface area contributed by atoms with E-state index < -0.39 is 12.3 Å². The molecule has 0 aliphatic rings. The Morgan fingerprint density at radius 3 is 1.67 bits per heavy atom. The van der Waals surface area contributed by atoms with Crippen LogP contribution < -0.4 is 0 Å². The second-order valence-corrected chi connectivity index (χ2v) is 5.98. The Morgan fingerprint density at radius 1 is 0.583 bits per heavy atom. The van der Waals surface area contributed by atoms with Crippen LogP contribution in [0.3, 0.4) is 0 Å².